The summed E-state index contributed by atoms with van der Waals surface area (Å²) in [7, 11) is 0. The van der Waals surface area contributed by atoms with Crippen molar-refractivity contribution in [2.75, 3.05) is 19.8 Å². The molecule has 0 aromatic carbocycles. The zero-order valence-corrected chi connectivity index (χ0v) is 13.5. The van der Waals surface area contributed by atoms with Crippen molar-refractivity contribution in [1.29, 1.82) is 0 Å². The molecule has 0 heterocycles. The van der Waals surface area contributed by atoms with Gasteiger partial charge in [-0.15, -0.1) is 0 Å². The summed E-state index contributed by atoms with van der Waals surface area (Å²) in [5.74, 6) is 0.0158. The van der Waals surface area contributed by atoms with E-state index in [1.165, 1.54) is 25.7 Å². The number of hydrogen-bond acceptors (Lipinski definition) is 3. The number of ether oxygens (including phenoxy) is 1. The van der Waals surface area contributed by atoms with Crippen molar-refractivity contribution in [2.24, 2.45) is 5.41 Å². The Hall–Kier alpha value is -0.610. The average molecular weight is 297 g/mol. The van der Waals surface area contributed by atoms with Crippen LogP contribution >= 0.6 is 0 Å². The molecule has 0 spiro atoms. The molecule has 1 amide bonds. The molecular formula is C17H31NO3. The summed E-state index contributed by atoms with van der Waals surface area (Å²) in [6.45, 7) is 4.31. The molecular weight excluding hydrogens is 266 g/mol. The van der Waals surface area contributed by atoms with Gasteiger partial charge in [-0.05, 0) is 44.4 Å². The van der Waals surface area contributed by atoms with E-state index in [2.05, 4.69) is 5.32 Å². The first-order valence-electron chi connectivity index (χ1n) is 8.64. The van der Waals surface area contributed by atoms with Gasteiger partial charge in [0.1, 0.15) is 0 Å². The molecule has 0 aliphatic heterocycles. The molecule has 21 heavy (non-hydrogen) atoms. The molecule has 4 heteroatoms. The van der Waals surface area contributed by atoms with Gasteiger partial charge in [0, 0.05) is 19.8 Å². The maximum Gasteiger partial charge on any atom is 0.222 e. The zero-order chi connectivity index (χ0) is 15.2. The quantitative estimate of drug-likeness (QED) is 0.677. The van der Waals surface area contributed by atoms with Crippen molar-refractivity contribution in [3.05, 3.63) is 0 Å². The van der Waals surface area contributed by atoms with E-state index >= 15 is 0 Å². The molecule has 0 bridgehead atoms. The van der Waals surface area contributed by atoms with E-state index in [9.17, 15) is 9.90 Å². The molecule has 0 aromatic heterocycles. The van der Waals surface area contributed by atoms with Crippen molar-refractivity contribution < 1.29 is 14.6 Å². The molecule has 2 N–H and O–H groups in total. The van der Waals surface area contributed by atoms with E-state index in [1.807, 2.05) is 6.92 Å². The maximum atomic E-state index is 12.1. The van der Waals surface area contributed by atoms with Crippen molar-refractivity contribution in [1.82, 2.24) is 5.32 Å². The largest absolute Gasteiger partial charge is 0.389 e. The first-order chi connectivity index (χ1) is 10.1. The predicted molar refractivity (Wildman–Crippen MR) is 83.1 cm³/mol. The molecule has 122 valence electrons. The van der Waals surface area contributed by atoms with Gasteiger partial charge >= 0.3 is 0 Å². The number of aliphatic hydroxyl groups is 1. The van der Waals surface area contributed by atoms with Gasteiger partial charge in [-0.1, -0.05) is 25.7 Å². The highest BCUT2D eigenvalue weighted by Crippen LogP contribution is 2.40. The van der Waals surface area contributed by atoms with Crippen LogP contribution in [0.3, 0.4) is 0 Å². The molecule has 4 nitrogen and oxygen atoms in total. The Kier molecular flexibility index (Phi) is 6.06. The molecule has 2 aliphatic rings. The third-order valence-electron chi connectivity index (χ3n) is 5.33. The lowest BCUT2D eigenvalue weighted by Gasteiger charge is -2.30. The molecule has 2 rings (SSSR count). The van der Waals surface area contributed by atoms with E-state index in [4.69, 9.17) is 4.74 Å². The van der Waals surface area contributed by atoms with Crippen LogP contribution in [0.2, 0.25) is 0 Å². The van der Waals surface area contributed by atoms with Gasteiger partial charge < -0.3 is 15.2 Å². The second-order valence-corrected chi connectivity index (χ2v) is 7.04. The summed E-state index contributed by atoms with van der Waals surface area (Å²) in [6, 6.07) is 0. The van der Waals surface area contributed by atoms with E-state index in [0.717, 1.165) is 51.9 Å². The van der Waals surface area contributed by atoms with Crippen LogP contribution in [-0.2, 0) is 9.53 Å². The maximum absolute atomic E-state index is 12.1. The number of carbonyl (C=O) groups is 1. The summed E-state index contributed by atoms with van der Waals surface area (Å²) in [6.07, 6.45) is 9.82. The standard InChI is InChI=1S/C17H31NO3/c1-2-21-12-11-16(7-3-4-8-16)14-18-15(19)13-17(20)9-5-6-10-17/h20H,2-14H2,1H3,(H,18,19). The van der Waals surface area contributed by atoms with Gasteiger partial charge in [0.05, 0.1) is 12.0 Å². The number of rotatable bonds is 8. The van der Waals surface area contributed by atoms with Crippen molar-refractivity contribution >= 4 is 5.91 Å². The Morgan fingerprint density at radius 3 is 2.38 bits per heavy atom. The minimum Gasteiger partial charge on any atom is -0.389 e. The second-order valence-electron chi connectivity index (χ2n) is 7.04. The Balaban J connectivity index is 1.77. The topological polar surface area (TPSA) is 58.6 Å². The summed E-state index contributed by atoms with van der Waals surface area (Å²) >= 11 is 0. The monoisotopic (exact) mass is 297 g/mol. The Labute approximate surface area is 128 Å². The molecule has 0 unspecified atom stereocenters. The smallest absolute Gasteiger partial charge is 0.222 e. The Morgan fingerprint density at radius 2 is 1.76 bits per heavy atom. The third-order valence-corrected chi connectivity index (χ3v) is 5.33. The van der Waals surface area contributed by atoms with Crippen LogP contribution in [0.5, 0.6) is 0 Å². The highest BCUT2D eigenvalue weighted by Gasteiger charge is 2.36. The van der Waals surface area contributed by atoms with Crippen LogP contribution in [0.25, 0.3) is 0 Å². The summed E-state index contributed by atoms with van der Waals surface area (Å²) in [5.41, 5.74) is -0.513. The SMILES string of the molecule is CCOCCC1(CNC(=O)CC2(O)CCCC2)CCCC1. The highest BCUT2D eigenvalue weighted by molar-refractivity contribution is 5.77. The van der Waals surface area contributed by atoms with E-state index in [0.29, 0.717) is 0 Å². The first kappa shape index (κ1) is 16.8. The van der Waals surface area contributed by atoms with Gasteiger partial charge in [-0.25, -0.2) is 0 Å². The molecule has 2 aliphatic carbocycles. The number of nitrogens with one attached hydrogen (secondary N) is 1. The van der Waals surface area contributed by atoms with Crippen molar-refractivity contribution in [2.45, 2.75) is 76.7 Å². The molecule has 0 saturated heterocycles. The zero-order valence-electron chi connectivity index (χ0n) is 13.5. The molecule has 0 aromatic rings. The van der Waals surface area contributed by atoms with E-state index < -0.39 is 5.60 Å². The van der Waals surface area contributed by atoms with E-state index in [-0.39, 0.29) is 17.7 Å². The Morgan fingerprint density at radius 1 is 1.14 bits per heavy atom. The summed E-state index contributed by atoms with van der Waals surface area (Å²) in [5, 5.41) is 13.4. The van der Waals surface area contributed by atoms with Crippen LogP contribution in [0, 0.1) is 5.41 Å². The van der Waals surface area contributed by atoms with Gasteiger partial charge in [-0.2, -0.15) is 0 Å². The average Bonchev–Trinajstić information content (AvgIpc) is 3.07. The van der Waals surface area contributed by atoms with Gasteiger partial charge in [0.2, 0.25) is 5.91 Å². The number of hydrogen-bond donors (Lipinski definition) is 2. The minimum absolute atomic E-state index is 0.0158. The van der Waals surface area contributed by atoms with Crippen LogP contribution in [0.15, 0.2) is 0 Å². The first-order valence-corrected chi connectivity index (χ1v) is 8.64. The molecule has 2 saturated carbocycles. The van der Waals surface area contributed by atoms with Crippen LogP contribution in [0.4, 0.5) is 0 Å². The van der Waals surface area contributed by atoms with Crippen LogP contribution < -0.4 is 5.32 Å². The molecule has 2 fully saturated rings. The lowest BCUT2D eigenvalue weighted by atomic mass is 9.82. The Bertz CT molecular complexity index is 331. The number of carbonyl (C=O) groups excluding carboxylic acids is 1. The fourth-order valence-corrected chi connectivity index (χ4v) is 3.93. The predicted octanol–water partition coefficient (Wildman–Crippen LogP) is 2.78. The van der Waals surface area contributed by atoms with E-state index in [1.54, 1.807) is 0 Å². The normalized spacial score (nSPS) is 23.3. The second kappa shape index (κ2) is 7.59. The summed E-state index contributed by atoms with van der Waals surface area (Å²) in [4.78, 5) is 12.1. The van der Waals surface area contributed by atoms with Crippen LogP contribution in [0.1, 0.15) is 71.1 Å². The van der Waals surface area contributed by atoms with Crippen LogP contribution in [-0.4, -0.2) is 36.4 Å². The summed E-state index contributed by atoms with van der Waals surface area (Å²) < 4.78 is 5.50. The molecule has 0 radical (unpaired) electrons. The van der Waals surface area contributed by atoms with Crippen molar-refractivity contribution in [3.63, 3.8) is 0 Å². The fourth-order valence-electron chi connectivity index (χ4n) is 3.93. The van der Waals surface area contributed by atoms with Gasteiger partial charge in [0.25, 0.3) is 0 Å². The number of amides is 1. The van der Waals surface area contributed by atoms with Gasteiger partial charge in [-0.3, -0.25) is 4.79 Å². The molecule has 0 atom stereocenters. The minimum atomic E-state index is -0.738. The highest BCUT2D eigenvalue weighted by atomic mass is 16.5. The third kappa shape index (κ3) is 4.96. The lowest BCUT2D eigenvalue weighted by molar-refractivity contribution is -0.126. The van der Waals surface area contributed by atoms with Crippen molar-refractivity contribution in [3.8, 4) is 0 Å². The van der Waals surface area contributed by atoms with Gasteiger partial charge in [0.15, 0.2) is 0 Å². The fraction of sp³-hybridized carbons (Fsp3) is 0.941. The lowest BCUT2D eigenvalue weighted by Crippen LogP contribution is -2.40.